The highest BCUT2D eigenvalue weighted by molar-refractivity contribution is 5.92. The normalized spacial score (nSPS) is 10.4. The molecule has 2 aromatic heterocycles. The van der Waals surface area contributed by atoms with Crippen LogP contribution in [-0.2, 0) is 18.3 Å². The Kier molecular flexibility index (Phi) is 3.41. The van der Waals surface area contributed by atoms with Gasteiger partial charge in [-0.3, -0.25) is 14.5 Å². The van der Waals surface area contributed by atoms with Crippen LogP contribution in [0.4, 0.5) is 5.69 Å². The monoisotopic (exact) mass is 244 g/mol. The van der Waals surface area contributed by atoms with E-state index in [1.165, 1.54) is 0 Å². The van der Waals surface area contributed by atoms with Crippen LogP contribution in [0.2, 0.25) is 0 Å². The maximum absolute atomic E-state index is 11.9. The van der Waals surface area contributed by atoms with Gasteiger partial charge in [0.05, 0.1) is 24.0 Å². The third-order valence-corrected chi connectivity index (χ3v) is 2.94. The summed E-state index contributed by atoms with van der Waals surface area (Å²) >= 11 is 0. The summed E-state index contributed by atoms with van der Waals surface area (Å²) in [4.78, 5) is 15.9. The van der Waals surface area contributed by atoms with Crippen LogP contribution in [0.3, 0.4) is 0 Å². The first-order valence-corrected chi connectivity index (χ1v) is 5.77. The Labute approximate surface area is 106 Å². The molecule has 5 nitrogen and oxygen atoms in total. The number of amides is 1. The maximum Gasteiger partial charge on any atom is 0.228 e. The lowest BCUT2D eigenvalue weighted by atomic mass is 10.1. The van der Waals surface area contributed by atoms with Crippen LogP contribution in [0.25, 0.3) is 0 Å². The van der Waals surface area contributed by atoms with Crippen molar-refractivity contribution in [3.63, 3.8) is 0 Å². The SMILES string of the molecule is Cc1nn(C)c(C)c1CC(=O)Nc1cccnc1. The third kappa shape index (κ3) is 2.56. The third-order valence-electron chi connectivity index (χ3n) is 2.94. The lowest BCUT2D eigenvalue weighted by Gasteiger charge is -2.05. The molecule has 0 aromatic carbocycles. The Hall–Kier alpha value is -2.17. The average molecular weight is 244 g/mol. The molecular weight excluding hydrogens is 228 g/mol. The van der Waals surface area contributed by atoms with Gasteiger partial charge >= 0.3 is 0 Å². The largest absolute Gasteiger partial charge is 0.324 e. The predicted molar refractivity (Wildman–Crippen MR) is 69.3 cm³/mol. The molecule has 5 heteroatoms. The second kappa shape index (κ2) is 5.00. The number of nitrogens with zero attached hydrogens (tertiary/aromatic N) is 3. The molecule has 94 valence electrons. The van der Waals surface area contributed by atoms with Crippen LogP contribution in [0.5, 0.6) is 0 Å². The van der Waals surface area contributed by atoms with E-state index >= 15 is 0 Å². The molecule has 18 heavy (non-hydrogen) atoms. The molecule has 0 fully saturated rings. The number of carbonyl (C=O) groups excluding carboxylic acids is 1. The number of hydrogen-bond acceptors (Lipinski definition) is 3. The predicted octanol–water partition coefficient (Wildman–Crippen LogP) is 1.61. The zero-order valence-corrected chi connectivity index (χ0v) is 10.8. The maximum atomic E-state index is 11.9. The molecule has 0 radical (unpaired) electrons. The molecule has 0 bridgehead atoms. The number of nitrogens with one attached hydrogen (secondary N) is 1. The van der Waals surface area contributed by atoms with E-state index in [0.717, 1.165) is 17.0 Å². The second-order valence-corrected chi connectivity index (χ2v) is 4.24. The molecule has 0 saturated carbocycles. The number of rotatable bonds is 3. The minimum atomic E-state index is -0.0535. The number of aromatic nitrogens is 3. The quantitative estimate of drug-likeness (QED) is 0.892. The molecule has 0 aliphatic rings. The number of hydrogen-bond donors (Lipinski definition) is 1. The summed E-state index contributed by atoms with van der Waals surface area (Å²) in [6.45, 7) is 3.88. The van der Waals surface area contributed by atoms with E-state index in [-0.39, 0.29) is 5.91 Å². The summed E-state index contributed by atoms with van der Waals surface area (Å²) in [5.41, 5.74) is 3.62. The first-order chi connectivity index (χ1) is 8.58. The summed E-state index contributed by atoms with van der Waals surface area (Å²) in [5.74, 6) is -0.0535. The fourth-order valence-electron chi connectivity index (χ4n) is 1.88. The summed E-state index contributed by atoms with van der Waals surface area (Å²) in [6, 6.07) is 3.60. The second-order valence-electron chi connectivity index (χ2n) is 4.24. The molecule has 2 aromatic rings. The molecule has 0 saturated heterocycles. The molecule has 2 heterocycles. The van der Waals surface area contributed by atoms with Crippen molar-refractivity contribution in [1.29, 1.82) is 0 Å². The van der Waals surface area contributed by atoms with Gasteiger partial charge in [0.15, 0.2) is 0 Å². The van der Waals surface area contributed by atoms with E-state index in [1.807, 2.05) is 27.0 Å². The van der Waals surface area contributed by atoms with Crippen molar-refractivity contribution in [2.45, 2.75) is 20.3 Å². The van der Waals surface area contributed by atoms with Crippen LogP contribution in [0.15, 0.2) is 24.5 Å². The van der Waals surface area contributed by atoms with Crippen LogP contribution < -0.4 is 5.32 Å². The topological polar surface area (TPSA) is 59.8 Å². The van der Waals surface area contributed by atoms with E-state index in [0.29, 0.717) is 12.1 Å². The fraction of sp³-hybridized carbons (Fsp3) is 0.308. The van der Waals surface area contributed by atoms with Crippen molar-refractivity contribution in [3.8, 4) is 0 Å². The lowest BCUT2D eigenvalue weighted by Crippen LogP contribution is -2.15. The molecule has 2 rings (SSSR count). The Morgan fingerprint density at radius 1 is 1.44 bits per heavy atom. The van der Waals surface area contributed by atoms with Crippen LogP contribution in [0, 0.1) is 13.8 Å². The summed E-state index contributed by atoms with van der Waals surface area (Å²) in [7, 11) is 1.88. The van der Waals surface area contributed by atoms with Crippen molar-refractivity contribution in [2.24, 2.45) is 7.05 Å². The molecule has 1 N–H and O–H groups in total. The van der Waals surface area contributed by atoms with Gasteiger partial charge < -0.3 is 5.32 Å². The number of aryl methyl sites for hydroxylation is 2. The van der Waals surface area contributed by atoms with E-state index in [4.69, 9.17) is 0 Å². The van der Waals surface area contributed by atoms with E-state index in [1.54, 1.807) is 23.1 Å². The minimum absolute atomic E-state index is 0.0535. The van der Waals surface area contributed by atoms with Crippen molar-refractivity contribution in [2.75, 3.05) is 5.32 Å². The zero-order chi connectivity index (χ0) is 13.1. The van der Waals surface area contributed by atoms with Gasteiger partial charge in [-0.1, -0.05) is 0 Å². The summed E-state index contributed by atoms with van der Waals surface area (Å²) in [6.07, 6.45) is 3.63. The molecule has 0 aliphatic heterocycles. The van der Waals surface area contributed by atoms with Gasteiger partial charge in [-0.15, -0.1) is 0 Å². The van der Waals surface area contributed by atoms with E-state index in [9.17, 15) is 4.79 Å². The zero-order valence-electron chi connectivity index (χ0n) is 10.8. The van der Waals surface area contributed by atoms with Gasteiger partial charge in [0.25, 0.3) is 0 Å². The van der Waals surface area contributed by atoms with Crippen molar-refractivity contribution in [1.82, 2.24) is 14.8 Å². The Morgan fingerprint density at radius 2 is 2.22 bits per heavy atom. The molecule has 1 amide bonds. The highest BCUT2D eigenvalue weighted by Crippen LogP contribution is 2.13. The van der Waals surface area contributed by atoms with Crippen molar-refractivity contribution in [3.05, 3.63) is 41.5 Å². The van der Waals surface area contributed by atoms with E-state index < -0.39 is 0 Å². The Bertz CT molecular complexity index is 560. The average Bonchev–Trinajstić information content (AvgIpc) is 2.57. The standard InChI is InChI=1S/C13H16N4O/c1-9-12(10(2)17(3)16-9)7-13(18)15-11-5-4-6-14-8-11/h4-6,8H,7H2,1-3H3,(H,15,18). The lowest BCUT2D eigenvalue weighted by molar-refractivity contribution is -0.115. The van der Waals surface area contributed by atoms with Crippen LogP contribution >= 0.6 is 0 Å². The number of carbonyl (C=O) groups is 1. The van der Waals surface area contributed by atoms with Gasteiger partial charge in [0.1, 0.15) is 0 Å². The first-order valence-electron chi connectivity index (χ1n) is 5.77. The highest BCUT2D eigenvalue weighted by atomic mass is 16.1. The highest BCUT2D eigenvalue weighted by Gasteiger charge is 2.13. The van der Waals surface area contributed by atoms with Gasteiger partial charge in [-0.25, -0.2) is 0 Å². The number of pyridine rings is 1. The van der Waals surface area contributed by atoms with Gasteiger partial charge in [0, 0.05) is 24.5 Å². The van der Waals surface area contributed by atoms with Gasteiger partial charge in [-0.05, 0) is 26.0 Å². The van der Waals surface area contributed by atoms with E-state index in [2.05, 4.69) is 15.4 Å². The fourth-order valence-corrected chi connectivity index (χ4v) is 1.88. The molecule has 0 aliphatic carbocycles. The Morgan fingerprint density at radius 3 is 2.78 bits per heavy atom. The number of anilines is 1. The molecule has 0 unspecified atom stereocenters. The van der Waals surface area contributed by atoms with Crippen LogP contribution in [0.1, 0.15) is 17.0 Å². The van der Waals surface area contributed by atoms with Gasteiger partial charge in [-0.2, -0.15) is 5.10 Å². The first kappa shape index (κ1) is 12.3. The van der Waals surface area contributed by atoms with Crippen molar-refractivity contribution < 1.29 is 4.79 Å². The summed E-state index contributed by atoms with van der Waals surface area (Å²) in [5, 5.41) is 7.11. The van der Waals surface area contributed by atoms with Crippen LogP contribution in [-0.4, -0.2) is 20.7 Å². The van der Waals surface area contributed by atoms with Crippen molar-refractivity contribution >= 4 is 11.6 Å². The summed E-state index contributed by atoms with van der Waals surface area (Å²) < 4.78 is 1.79. The molecular formula is C13H16N4O. The smallest absolute Gasteiger partial charge is 0.228 e. The minimum Gasteiger partial charge on any atom is -0.324 e. The molecule has 0 atom stereocenters. The molecule has 0 spiro atoms. The van der Waals surface area contributed by atoms with Gasteiger partial charge in [0.2, 0.25) is 5.91 Å². The Balaban J connectivity index is 2.08.